The fourth-order valence-electron chi connectivity index (χ4n) is 10.9. The zero-order valence-electron chi connectivity index (χ0n) is 39.4. The van der Waals surface area contributed by atoms with Gasteiger partial charge in [-0.05, 0) is 141 Å². The summed E-state index contributed by atoms with van der Waals surface area (Å²) in [4.78, 5) is 6.85. The van der Waals surface area contributed by atoms with Crippen LogP contribution in [0.1, 0.15) is 0 Å². The molecule has 13 aromatic rings. The van der Waals surface area contributed by atoms with E-state index in [1.165, 1.54) is 26.3 Å². The summed E-state index contributed by atoms with van der Waals surface area (Å²) < 4.78 is 23.7. The zero-order valence-corrected chi connectivity index (χ0v) is 40.2. The summed E-state index contributed by atoms with van der Waals surface area (Å²) in [5.74, 6) is -0.300. The van der Waals surface area contributed by atoms with Crippen LogP contribution in [0.5, 0.6) is 0 Å². The molecule has 0 radical (unpaired) electrons. The van der Waals surface area contributed by atoms with Crippen molar-refractivity contribution in [1.82, 2.24) is 0 Å². The van der Waals surface area contributed by atoms with Crippen LogP contribution in [0.3, 0.4) is 0 Å². The SMILES string of the molecule is Fc1cc(-c2ccccc2)cc(-c2ccccc2)c1N(c1ccccc1)c1ccc2cc3c4c(cccc4c2c1)Sc1cc(N(c2ccc4oc5ccccc5c4c2)c2ccccc2-c2ccccc2)ccc1-3. The molecule has 0 fully saturated rings. The number of hydrogen-bond donors (Lipinski definition) is 0. The van der Waals surface area contributed by atoms with Crippen LogP contribution in [0, 0.1) is 5.82 Å². The Morgan fingerprint density at radius 3 is 1.73 bits per heavy atom. The zero-order chi connectivity index (χ0) is 48.4. The predicted molar refractivity (Wildman–Crippen MR) is 304 cm³/mol. The maximum atomic E-state index is 17.4. The molecule has 344 valence electrons. The van der Waals surface area contributed by atoms with Gasteiger partial charge in [-0.2, -0.15) is 0 Å². The first-order valence-electron chi connectivity index (χ1n) is 24.6. The van der Waals surface area contributed by atoms with Crippen LogP contribution in [-0.4, -0.2) is 0 Å². The van der Waals surface area contributed by atoms with Crippen LogP contribution in [0.15, 0.2) is 275 Å². The van der Waals surface area contributed by atoms with E-state index in [4.69, 9.17) is 4.42 Å². The molecule has 0 aliphatic carbocycles. The Balaban J connectivity index is 0.923. The molecular weight excluding hydrogens is 912 g/mol. The predicted octanol–water partition coefficient (Wildman–Crippen LogP) is 20.1. The first kappa shape index (κ1) is 42.7. The van der Waals surface area contributed by atoms with Crippen LogP contribution in [0.25, 0.3) is 88.0 Å². The summed E-state index contributed by atoms with van der Waals surface area (Å²) in [6, 6.07) is 90.8. The van der Waals surface area contributed by atoms with Crippen molar-refractivity contribution in [3.8, 4) is 44.5 Å². The van der Waals surface area contributed by atoms with Gasteiger partial charge in [0, 0.05) is 59.8 Å². The normalized spacial score (nSPS) is 11.8. The average Bonchev–Trinajstić information content (AvgIpc) is 3.83. The molecule has 1 aliphatic rings. The van der Waals surface area contributed by atoms with Crippen molar-refractivity contribution in [3.63, 3.8) is 0 Å². The highest BCUT2D eigenvalue weighted by Gasteiger charge is 2.27. The molecule has 0 bridgehead atoms. The fourth-order valence-corrected chi connectivity index (χ4v) is 12.1. The fraction of sp³-hybridized carbons (Fsp3) is 0. The number of halogens is 1. The average molecular weight is 955 g/mol. The Labute approximate surface area is 426 Å². The minimum absolute atomic E-state index is 0.300. The Bertz CT molecular complexity index is 4250. The number of hydrogen-bond acceptors (Lipinski definition) is 4. The quantitative estimate of drug-likeness (QED) is 0.134. The summed E-state index contributed by atoms with van der Waals surface area (Å²) in [7, 11) is 0. The van der Waals surface area contributed by atoms with E-state index in [1.807, 2.05) is 90.6 Å². The van der Waals surface area contributed by atoms with Crippen LogP contribution in [0.2, 0.25) is 0 Å². The molecule has 5 heteroatoms. The molecule has 3 nitrogen and oxygen atoms in total. The first-order chi connectivity index (χ1) is 36.1. The third-order valence-electron chi connectivity index (χ3n) is 14.3. The molecule has 2 heterocycles. The van der Waals surface area contributed by atoms with Gasteiger partial charge in [0.15, 0.2) is 0 Å². The number of anilines is 6. The molecular formula is C68H43FN2OS. The maximum absolute atomic E-state index is 17.4. The lowest BCUT2D eigenvalue weighted by Crippen LogP contribution is -2.13. The highest BCUT2D eigenvalue weighted by molar-refractivity contribution is 7.99. The van der Waals surface area contributed by atoms with Crippen molar-refractivity contribution in [1.29, 1.82) is 0 Å². The van der Waals surface area contributed by atoms with E-state index in [-0.39, 0.29) is 5.82 Å². The number of nitrogens with zero attached hydrogens (tertiary/aromatic N) is 2. The van der Waals surface area contributed by atoms with Crippen molar-refractivity contribution in [2.75, 3.05) is 9.80 Å². The number of rotatable bonds is 9. The molecule has 0 spiro atoms. The highest BCUT2D eigenvalue weighted by Crippen LogP contribution is 2.53. The molecule has 0 unspecified atom stereocenters. The van der Waals surface area contributed by atoms with E-state index in [0.29, 0.717) is 5.69 Å². The molecule has 12 aromatic carbocycles. The van der Waals surface area contributed by atoms with Crippen LogP contribution < -0.4 is 9.80 Å². The van der Waals surface area contributed by atoms with Crippen LogP contribution in [0.4, 0.5) is 38.5 Å². The highest BCUT2D eigenvalue weighted by atomic mass is 32.2. The molecule has 14 rings (SSSR count). The Kier molecular flexibility index (Phi) is 10.3. The van der Waals surface area contributed by atoms with Gasteiger partial charge in [-0.3, -0.25) is 0 Å². The monoisotopic (exact) mass is 954 g/mol. The van der Waals surface area contributed by atoms with E-state index in [2.05, 4.69) is 186 Å². The lowest BCUT2D eigenvalue weighted by Gasteiger charge is -2.30. The molecule has 0 saturated carbocycles. The Morgan fingerprint density at radius 1 is 0.329 bits per heavy atom. The second-order valence-corrected chi connectivity index (χ2v) is 19.6. The minimum atomic E-state index is -0.300. The minimum Gasteiger partial charge on any atom is -0.456 e. The van der Waals surface area contributed by atoms with Crippen molar-refractivity contribution >= 4 is 89.4 Å². The summed E-state index contributed by atoms with van der Waals surface area (Å²) in [5.41, 5.74) is 15.4. The molecule has 73 heavy (non-hydrogen) atoms. The second kappa shape index (κ2) is 17.6. The second-order valence-electron chi connectivity index (χ2n) is 18.5. The van der Waals surface area contributed by atoms with Gasteiger partial charge in [0.2, 0.25) is 0 Å². The molecule has 0 amide bonds. The first-order valence-corrected chi connectivity index (χ1v) is 25.4. The summed E-state index contributed by atoms with van der Waals surface area (Å²) >= 11 is 1.82. The number of benzene rings is 12. The Hall–Kier alpha value is -9.16. The van der Waals surface area contributed by atoms with Crippen molar-refractivity contribution in [3.05, 3.63) is 267 Å². The van der Waals surface area contributed by atoms with Crippen LogP contribution in [-0.2, 0) is 0 Å². The summed E-state index contributed by atoms with van der Waals surface area (Å²) in [5, 5.41) is 6.76. The maximum Gasteiger partial charge on any atom is 0.148 e. The molecule has 1 aromatic heterocycles. The number of fused-ring (bicyclic) bond motifs is 7. The summed E-state index contributed by atoms with van der Waals surface area (Å²) in [6.07, 6.45) is 0. The topological polar surface area (TPSA) is 19.6 Å². The standard InChI is InChI=1S/C68H43FN2OS/c69-61-40-48(44-18-5-1-6-19-44)39-58(46-22-9-3-10-23-46)68(61)71(49-24-11-4-12-25-49)51-33-32-47-38-60-55-36-34-52(43-66(55)73-65-31-17-28-56(67(60)65)57(47)41-51)70(62-29-15-13-26-53(62)45-20-7-2-8-21-45)50-35-37-64-59(42-50)54-27-14-16-30-63(54)72-64/h1-43H. The molecule has 0 atom stereocenters. The molecule has 1 aliphatic heterocycles. The lowest BCUT2D eigenvalue weighted by atomic mass is 9.92. The van der Waals surface area contributed by atoms with E-state index in [0.717, 1.165) is 99.9 Å². The molecule has 0 saturated heterocycles. The van der Waals surface area contributed by atoms with Gasteiger partial charge in [-0.1, -0.05) is 182 Å². The van der Waals surface area contributed by atoms with Gasteiger partial charge in [-0.25, -0.2) is 4.39 Å². The van der Waals surface area contributed by atoms with Gasteiger partial charge in [0.25, 0.3) is 0 Å². The van der Waals surface area contributed by atoms with Crippen LogP contribution >= 0.6 is 11.8 Å². The van der Waals surface area contributed by atoms with Gasteiger partial charge in [-0.15, -0.1) is 0 Å². The van der Waals surface area contributed by atoms with E-state index < -0.39 is 0 Å². The van der Waals surface area contributed by atoms with E-state index in [1.54, 1.807) is 6.07 Å². The lowest BCUT2D eigenvalue weighted by molar-refractivity contribution is 0.630. The third-order valence-corrected chi connectivity index (χ3v) is 15.4. The smallest absolute Gasteiger partial charge is 0.148 e. The van der Waals surface area contributed by atoms with Crippen molar-refractivity contribution < 1.29 is 8.81 Å². The van der Waals surface area contributed by atoms with E-state index >= 15 is 4.39 Å². The van der Waals surface area contributed by atoms with Gasteiger partial charge in [0.05, 0.1) is 11.4 Å². The van der Waals surface area contributed by atoms with Gasteiger partial charge >= 0.3 is 0 Å². The third kappa shape index (κ3) is 7.35. The van der Waals surface area contributed by atoms with Crippen molar-refractivity contribution in [2.45, 2.75) is 9.79 Å². The molecule has 0 N–H and O–H groups in total. The van der Waals surface area contributed by atoms with Gasteiger partial charge < -0.3 is 14.2 Å². The largest absolute Gasteiger partial charge is 0.456 e. The number of furan rings is 1. The summed E-state index contributed by atoms with van der Waals surface area (Å²) in [6.45, 7) is 0. The van der Waals surface area contributed by atoms with Gasteiger partial charge in [0.1, 0.15) is 17.0 Å². The Morgan fingerprint density at radius 2 is 0.932 bits per heavy atom. The van der Waals surface area contributed by atoms with E-state index in [9.17, 15) is 0 Å². The van der Waals surface area contributed by atoms with Crippen molar-refractivity contribution in [2.24, 2.45) is 0 Å². The number of para-hydroxylation sites is 3.